The van der Waals surface area contributed by atoms with E-state index in [9.17, 15) is 0 Å². The maximum Gasteiger partial charge on any atom is 0.204 e. The Morgan fingerprint density at radius 3 is 2.26 bits per heavy atom. The summed E-state index contributed by atoms with van der Waals surface area (Å²) < 4.78 is 4.07. The smallest absolute Gasteiger partial charge is 0.204 e. The number of rotatable bonds is 8. The molecule has 0 unspecified atom stereocenters. The van der Waals surface area contributed by atoms with Crippen LogP contribution in [-0.4, -0.2) is 32.3 Å². The Hall–Kier alpha value is -2.68. The van der Waals surface area contributed by atoms with Crippen molar-refractivity contribution in [1.29, 1.82) is 10.5 Å². The quantitative estimate of drug-likeness (QED) is 0.390. The summed E-state index contributed by atoms with van der Waals surface area (Å²) in [5.41, 5.74) is 2.63. The van der Waals surface area contributed by atoms with Crippen LogP contribution in [0, 0.1) is 34.4 Å². The second-order valence-corrected chi connectivity index (χ2v) is 8.17. The maximum atomic E-state index is 8.97. The lowest BCUT2D eigenvalue weighted by molar-refractivity contribution is 0.214. The molecule has 3 rings (SSSR count). The Morgan fingerprint density at radius 2 is 1.68 bits per heavy atom. The lowest BCUT2D eigenvalue weighted by Gasteiger charge is -2.19. The van der Waals surface area contributed by atoms with Gasteiger partial charge in [-0.15, -0.1) is 5.10 Å². The highest BCUT2D eigenvalue weighted by Crippen LogP contribution is 2.27. The second kappa shape index (κ2) is 10.6. The highest BCUT2D eigenvalue weighted by Gasteiger charge is 2.17. The molecular weight excluding hydrogens is 451 g/mol. The Balaban J connectivity index is 2.10. The van der Waals surface area contributed by atoms with Gasteiger partial charge in [0.2, 0.25) is 4.77 Å². The van der Waals surface area contributed by atoms with E-state index < -0.39 is 0 Å². The van der Waals surface area contributed by atoms with Crippen LogP contribution in [0.2, 0.25) is 10.0 Å². The van der Waals surface area contributed by atoms with Gasteiger partial charge in [-0.3, -0.25) is 9.47 Å². The number of benzene rings is 2. The number of halogens is 2. The molecule has 0 radical (unpaired) electrons. The number of nitrogens with zero attached hydrogens (tertiary/aromatic N) is 6. The SMILES string of the molecule is Cc1ccc(-n2c(-c3ccc(Cl)cc3)nn(CN(CCC#N)CCC#N)c2=S)cc1Cl. The van der Waals surface area contributed by atoms with Gasteiger partial charge < -0.3 is 0 Å². The van der Waals surface area contributed by atoms with Crippen LogP contribution in [0.15, 0.2) is 42.5 Å². The summed E-state index contributed by atoms with van der Waals surface area (Å²) >= 11 is 18.2. The highest BCUT2D eigenvalue weighted by atomic mass is 35.5. The van der Waals surface area contributed by atoms with Crippen molar-refractivity contribution < 1.29 is 0 Å². The van der Waals surface area contributed by atoms with Crippen LogP contribution >= 0.6 is 35.4 Å². The van der Waals surface area contributed by atoms with Gasteiger partial charge in [0.25, 0.3) is 0 Å². The van der Waals surface area contributed by atoms with E-state index in [0.717, 1.165) is 16.8 Å². The fourth-order valence-electron chi connectivity index (χ4n) is 3.10. The van der Waals surface area contributed by atoms with E-state index in [4.69, 9.17) is 51.0 Å². The molecule has 9 heteroatoms. The molecule has 2 aromatic carbocycles. The summed E-state index contributed by atoms with van der Waals surface area (Å²) in [6, 6.07) is 17.4. The van der Waals surface area contributed by atoms with Crippen molar-refractivity contribution in [2.24, 2.45) is 0 Å². The number of hydrogen-bond donors (Lipinski definition) is 0. The summed E-state index contributed by atoms with van der Waals surface area (Å²) in [4.78, 5) is 1.99. The van der Waals surface area contributed by atoms with Gasteiger partial charge in [0.05, 0.1) is 24.5 Å². The minimum absolute atomic E-state index is 0.358. The van der Waals surface area contributed by atoms with Gasteiger partial charge in [-0.1, -0.05) is 29.3 Å². The van der Waals surface area contributed by atoms with Crippen molar-refractivity contribution in [3.05, 3.63) is 62.8 Å². The van der Waals surface area contributed by atoms with Gasteiger partial charge in [-0.2, -0.15) is 10.5 Å². The monoisotopic (exact) mass is 470 g/mol. The molecule has 0 bridgehead atoms. The van der Waals surface area contributed by atoms with Gasteiger partial charge in [0.15, 0.2) is 5.82 Å². The van der Waals surface area contributed by atoms with Crippen molar-refractivity contribution in [1.82, 2.24) is 19.2 Å². The number of hydrogen-bond acceptors (Lipinski definition) is 5. The van der Waals surface area contributed by atoms with E-state index in [1.165, 1.54) is 0 Å². The summed E-state index contributed by atoms with van der Waals surface area (Å²) in [6.45, 7) is 3.37. The standard InChI is InChI=1S/C22H20Cl2N6S/c1-16-4-9-19(14-20(16)24)30-21(17-5-7-18(23)8-6-17)27-29(22(30)31)15-28(12-2-10-25)13-3-11-26/h4-9,14H,2-3,12-13,15H2,1H3. The molecular formula is C22H20Cl2N6S. The molecule has 1 aromatic heterocycles. The van der Waals surface area contributed by atoms with Crippen molar-refractivity contribution in [2.75, 3.05) is 13.1 Å². The van der Waals surface area contributed by atoms with Crippen LogP contribution in [0.3, 0.4) is 0 Å². The predicted octanol–water partition coefficient (Wildman–Crippen LogP) is 5.77. The van der Waals surface area contributed by atoms with E-state index in [1.807, 2.05) is 46.7 Å². The molecule has 0 N–H and O–H groups in total. The van der Waals surface area contributed by atoms with E-state index >= 15 is 0 Å². The zero-order valence-electron chi connectivity index (χ0n) is 16.9. The molecule has 0 aliphatic carbocycles. The topological polar surface area (TPSA) is 73.6 Å². The molecule has 0 spiro atoms. The Morgan fingerprint density at radius 1 is 1.03 bits per heavy atom. The van der Waals surface area contributed by atoms with Gasteiger partial charge >= 0.3 is 0 Å². The highest BCUT2D eigenvalue weighted by molar-refractivity contribution is 7.71. The zero-order valence-corrected chi connectivity index (χ0v) is 19.3. The fourth-order valence-corrected chi connectivity index (χ4v) is 3.69. The average Bonchev–Trinajstić information content (AvgIpc) is 3.08. The lowest BCUT2D eigenvalue weighted by atomic mass is 10.2. The third-order valence-electron chi connectivity index (χ3n) is 4.77. The zero-order chi connectivity index (χ0) is 22.4. The number of aryl methyl sites for hydroxylation is 1. The van der Waals surface area contributed by atoms with Crippen LogP contribution in [-0.2, 0) is 6.67 Å². The number of aromatic nitrogens is 3. The van der Waals surface area contributed by atoms with Gasteiger partial charge in [-0.25, -0.2) is 4.68 Å². The average molecular weight is 471 g/mol. The van der Waals surface area contributed by atoms with Gasteiger partial charge in [0, 0.05) is 41.5 Å². The first-order valence-electron chi connectivity index (χ1n) is 9.63. The molecule has 0 aliphatic heterocycles. The van der Waals surface area contributed by atoms with Crippen molar-refractivity contribution >= 4 is 35.4 Å². The molecule has 0 atom stereocenters. The van der Waals surface area contributed by atoms with Crippen molar-refractivity contribution in [3.63, 3.8) is 0 Å². The van der Waals surface area contributed by atoms with Crippen molar-refractivity contribution in [3.8, 4) is 29.2 Å². The third-order valence-corrected chi connectivity index (χ3v) is 5.82. The normalized spacial score (nSPS) is 10.8. The molecule has 0 amide bonds. The van der Waals surface area contributed by atoms with E-state index in [2.05, 4.69) is 12.1 Å². The molecule has 1 heterocycles. The van der Waals surface area contributed by atoms with E-state index in [0.29, 0.717) is 53.2 Å². The first kappa shape index (κ1) is 23.0. The minimum Gasteiger partial charge on any atom is -0.282 e. The molecule has 0 saturated carbocycles. The van der Waals surface area contributed by atoms with E-state index in [1.54, 1.807) is 16.8 Å². The van der Waals surface area contributed by atoms with Crippen LogP contribution < -0.4 is 0 Å². The molecule has 3 aromatic rings. The number of nitriles is 2. The largest absolute Gasteiger partial charge is 0.282 e. The summed E-state index contributed by atoms with van der Waals surface area (Å²) in [6.07, 6.45) is 0.716. The van der Waals surface area contributed by atoms with Crippen LogP contribution in [0.25, 0.3) is 17.1 Å². The molecule has 31 heavy (non-hydrogen) atoms. The first-order valence-corrected chi connectivity index (χ1v) is 10.8. The maximum absolute atomic E-state index is 8.97. The van der Waals surface area contributed by atoms with Crippen LogP contribution in [0.5, 0.6) is 0 Å². The third kappa shape index (κ3) is 5.52. The van der Waals surface area contributed by atoms with E-state index in [-0.39, 0.29) is 0 Å². The summed E-state index contributed by atoms with van der Waals surface area (Å²) in [5.74, 6) is 0.655. The minimum atomic E-state index is 0.358. The second-order valence-electron chi connectivity index (χ2n) is 6.96. The molecule has 0 saturated heterocycles. The van der Waals surface area contributed by atoms with Crippen LogP contribution in [0.1, 0.15) is 18.4 Å². The van der Waals surface area contributed by atoms with Gasteiger partial charge in [0.1, 0.15) is 0 Å². The molecule has 0 aliphatic rings. The molecule has 0 fully saturated rings. The first-order chi connectivity index (χ1) is 14.9. The Labute approximate surface area is 196 Å². The fraction of sp³-hybridized carbons (Fsp3) is 0.273. The Kier molecular flexibility index (Phi) is 7.84. The molecule has 158 valence electrons. The van der Waals surface area contributed by atoms with Crippen LogP contribution in [0.4, 0.5) is 0 Å². The Bertz CT molecular complexity index is 1180. The molecule has 6 nitrogen and oxygen atoms in total. The van der Waals surface area contributed by atoms with Crippen molar-refractivity contribution in [2.45, 2.75) is 26.4 Å². The van der Waals surface area contributed by atoms with Gasteiger partial charge in [-0.05, 0) is 61.1 Å². The predicted molar refractivity (Wildman–Crippen MR) is 125 cm³/mol. The summed E-state index contributed by atoms with van der Waals surface area (Å²) in [7, 11) is 0. The lowest BCUT2D eigenvalue weighted by Crippen LogP contribution is -2.29. The summed E-state index contributed by atoms with van der Waals surface area (Å²) in [5, 5.41) is 24.0.